The highest BCUT2D eigenvalue weighted by atomic mass is 31.2. The van der Waals surface area contributed by atoms with E-state index in [4.69, 9.17) is 0 Å². The Labute approximate surface area is 201 Å². The fourth-order valence-electron chi connectivity index (χ4n) is 3.40. The highest BCUT2D eigenvalue weighted by Gasteiger charge is 2.12. The lowest BCUT2D eigenvalue weighted by Gasteiger charge is -2.29. The molecule has 0 aliphatic heterocycles. The summed E-state index contributed by atoms with van der Waals surface area (Å²) in [6.45, 7) is 11.7. The zero-order valence-electron chi connectivity index (χ0n) is 22.7. The second-order valence-electron chi connectivity index (χ2n) is 9.74. The maximum atomic E-state index is 11.0. The third-order valence-corrected chi connectivity index (χ3v) is 6.73. The summed E-state index contributed by atoms with van der Waals surface area (Å²) < 4.78 is 21.4. The van der Waals surface area contributed by atoms with Crippen molar-refractivity contribution in [3.63, 3.8) is 0 Å². The van der Waals surface area contributed by atoms with Crippen molar-refractivity contribution in [1.29, 1.82) is 0 Å². The Kier molecular flexibility index (Phi) is 25.9. The third-order valence-electron chi connectivity index (χ3n) is 5.73. The van der Waals surface area contributed by atoms with Crippen molar-refractivity contribution in [3.8, 4) is 0 Å². The number of phosphoric ester groups is 1. The van der Waals surface area contributed by atoms with Crippen LogP contribution in [0.1, 0.15) is 130 Å². The van der Waals surface area contributed by atoms with Crippen molar-refractivity contribution in [3.05, 3.63) is 0 Å². The lowest BCUT2D eigenvalue weighted by atomic mass is 10.1. The molecule has 0 radical (unpaired) electrons. The zero-order valence-corrected chi connectivity index (χ0v) is 23.6. The molecule has 0 spiro atoms. The molecule has 0 aromatic rings. The Bertz CT molecular complexity index is 405. The van der Waals surface area contributed by atoms with Gasteiger partial charge in [0.2, 0.25) is 0 Å². The van der Waals surface area contributed by atoms with E-state index >= 15 is 0 Å². The molecule has 196 valence electrons. The highest BCUT2D eigenvalue weighted by Crippen LogP contribution is 2.38. The molecule has 0 fully saturated rings. The van der Waals surface area contributed by atoms with E-state index in [0.29, 0.717) is 0 Å². The average Bonchev–Trinajstić information content (AvgIpc) is 2.74. The lowest BCUT2D eigenvalue weighted by Crippen LogP contribution is -2.41. The first kappa shape index (κ1) is 34.2. The second kappa shape index (κ2) is 24.2. The zero-order chi connectivity index (χ0) is 24.6. The van der Waals surface area contributed by atoms with Gasteiger partial charge in [-0.15, -0.1) is 0 Å². The van der Waals surface area contributed by atoms with Crippen LogP contribution in [-0.2, 0) is 13.6 Å². The first-order valence-electron chi connectivity index (χ1n) is 13.7. The topological polar surface area (TPSA) is 58.6 Å². The molecular formula is C26H58NO4P. The number of nitrogens with zero attached hydrogens (tertiary/aromatic N) is 1. The first-order valence-corrected chi connectivity index (χ1v) is 15.1. The summed E-state index contributed by atoms with van der Waals surface area (Å²) in [6.07, 6.45) is 20.5. The molecule has 0 aliphatic rings. The van der Waals surface area contributed by atoms with Crippen molar-refractivity contribution in [1.82, 2.24) is 0 Å². The Morgan fingerprint density at radius 3 is 1.31 bits per heavy atom. The van der Waals surface area contributed by atoms with E-state index < -0.39 is 7.82 Å². The van der Waals surface area contributed by atoms with E-state index in [-0.39, 0.29) is 13.2 Å². The predicted molar refractivity (Wildman–Crippen MR) is 138 cm³/mol. The average molecular weight is 480 g/mol. The van der Waals surface area contributed by atoms with Gasteiger partial charge in [-0.1, -0.05) is 98.3 Å². The van der Waals surface area contributed by atoms with Gasteiger partial charge in [0.25, 0.3) is 7.82 Å². The van der Waals surface area contributed by atoms with Crippen molar-refractivity contribution < 1.29 is 23.0 Å². The van der Waals surface area contributed by atoms with Crippen LogP contribution in [0.4, 0.5) is 0 Å². The van der Waals surface area contributed by atoms with Crippen molar-refractivity contribution in [2.45, 2.75) is 130 Å². The molecular weight excluding hydrogens is 421 g/mol. The van der Waals surface area contributed by atoms with E-state index in [1.807, 2.05) is 13.8 Å². The normalized spacial score (nSPS) is 12.0. The van der Waals surface area contributed by atoms with Gasteiger partial charge >= 0.3 is 0 Å². The Hall–Kier alpha value is 0.0700. The predicted octanol–water partition coefficient (Wildman–Crippen LogP) is 7.87. The van der Waals surface area contributed by atoms with E-state index in [0.717, 1.165) is 25.7 Å². The Balaban J connectivity index is 0. The molecule has 0 N–H and O–H groups in total. The SMILES string of the molecule is CCCCCCCCCCCC[N+](C)(C)CCCC.CCCCOP(=O)([O-])OCCCC. The van der Waals surface area contributed by atoms with Gasteiger partial charge in [-0.05, 0) is 32.1 Å². The summed E-state index contributed by atoms with van der Waals surface area (Å²) >= 11 is 0. The molecule has 0 amide bonds. The van der Waals surface area contributed by atoms with Gasteiger partial charge in [0.15, 0.2) is 0 Å². The lowest BCUT2D eigenvalue weighted by molar-refractivity contribution is -0.890. The van der Waals surface area contributed by atoms with Crippen LogP contribution in [0.5, 0.6) is 0 Å². The van der Waals surface area contributed by atoms with Crippen LogP contribution in [0, 0.1) is 0 Å². The molecule has 32 heavy (non-hydrogen) atoms. The van der Waals surface area contributed by atoms with Crippen LogP contribution in [0.3, 0.4) is 0 Å². The molecule has 0 aromatic carbocycles. The van der Waals surface area contributed by atoms with Crippen LogP contribution in [-0.4, -0.2) is 44.9 Å². The van der Waals surface area contributed by atoms with Gasteiger partial charge in [-0.25, -0.2) is 0 Å². The number of quaternary nitrogens is 1. The summed E-state index contributed by atoms with van der Waals surface area (Å²) in [4.78, 5) is 11.0. The van der Waals surface area contributed by atoms with Crippen molar-refractivity contribution in [2.24, 2.45) is 0 Å². The van der Waals surface area contributed by atoms with Crippen molar-refractivity contribution >= 4 is 7.82 Å². The van der Waals surface area contributed by atoms with Crippen LogP contribution in [0.25, 0.3) is 0 Å². The number of phosphoric acid groups is 1. The van der Waals surface area contributed by atoms with E-state index in [9.17, 15) is 9.46 Å². The van der Waals surface area contributed by atoms with Crippen LogP contribution < -0.4 is 4.89 Å². The fraction of sp³-hybridized carbons (Fsp3) is 1.00. The maximum Gasteiger partial charge on any atom is 0.267 e. The summed E-state index contributed by atoms with van der Waals surface area (Å²) in [5.41, 5.74) is 0. The maximum absolute atomic E-state index is 11.0. The second-order valence-corrected chi connectivity index (χ2v) is 11.2. The number of hydrogen-bond donors (Lipinski definition) is 0. The Morgan fingerprint density at radius 1 is 0.562 bits per heavy atom. The monoisotopic (exact) mass is 479 g/mol. The number of rotatable bonds is 22. The van der Waals surface area contributed by atoms with Gasteiger partial charge in [-0.2, -0.15) is 0 Å². The molecule has 0 rings (SSSR count). The molecule has 0 bridgehead atoms. The summed E-state index contributed by atoms with van der Waals surface area (Å²) in [7, 11) is 0.783. The van der Waals surface area contributed by atoms with Gasteiger partial charge in [-0.3, -0.25) is 4.57 Å². The van der Waals surface area contributed by atoms with Gasteiger partial charge in [0, 0.05) is 0 Å². The molecule has 5 nitrogen and oxygen atoms in total. The first-order chi connectivity index (χ1) is 15.2. The van der Waals surface area contributed by atoms with Crippen LogP contribution >= 0.6 is 7.82 Å². The molecule has 0 heterocycles. The summed E-state index contributed by atoms with van der Waals surface area (Å²) in [6, 6.07) is 0. The highest BCUT2D eigenvalue weighted by molar-refractivity contribution is 7.45. The Morgan fingerprint density at radius 2 is 0.906 bits per heavy atom. The minimum Gasteiger partial charge on any atom is -0.756 e. The van der Waals surface area contributed by atoms with E-state index in [1.165, 1.54) is 94.6 Å². The van der Waals surface area contributed by atoms with Gasteiger partial charge in [0.05, 0.1) is 40.4 Å². The number of hydrogen-bond acceptors (Lipinski definition) is 4. The van der Waals surface area contributed by atoms with Gasteiger partial charge in [0.1, 0.15) is 0 Å². The van der Waals surface area contributed by atoms with Crippen LogP contribution in [0.15, 0.2) is 0 Å². The molecule has 0 saturated heterocycles. The molecule has 0 aromatic heterocycles. The summed E-state index contributed by atoms with van der Waals surface area (Å²) in [5.74, 6) is 0. The smallest absolute Gasteiger partial charge is 0.267 e. The third kappa shape index (κ3) is 28.1. The minimum absolute atomic E-state index is 0.226. The molecule has 0 aliphatic carbocycles. The molecule has 0 unspecified atom stereocenters. The fourth-order valence-corrected chi connectivity index (χ4v) is 4.18. The minimum atomic E-state index is -4.00. The number of unbranched alkanes of at least 4 members (excludes halogenated alkanes) is 12. The quantitative estimate of drug-likeness (QED) is 0.0900. The van der Waals surface area contributed by atoms with Gasteiger partial charge < -0.3 is 18.4 Å². The molecule has 0 saturated carbocycles. The standard InChI is InChI=1S/C18H40N.C8H19O4P/c1-5-7-9-10-11-12-13-14-15-16-18-19(3,4)17-8-6-2;1-3-5-7-11-13(9,10)12-8-6-4-2/h5-18H2,1-4H3;3-8H2,1-2H3,(H,9,10)/q+1;/p-1. The van der Waals surface area contributed by atoms with E-state index in [2.05, 4.69) is 37.0 Å². The molecule has 0 atom stereocenters. The largest absolute Gasteiger partial charge is 0.756 e. The summed E-state index contributed by atoms with van der Waals surface area (Å²) in [5, 5.41) is 0. The van der Waals surface area contributed by atoms with E-state index in [1.54, 1.807) is 0 Å². The van der Waals surface area contributed by atoms with Crippen LogP contribution in [0.2, 0.25) is 0 Å². The van der Waals surface area contributed by atoms with Crippen molar-refractivity contribution in [2.75, 3.05) is 40.4 Å². The molecule has 6 heteroatoms.